The highest BCUT2D eigenvalue weighted by atomic mass is 16.4. The predicted octanol–water partition coefficient (Wildman–Crippen LogP) is 3.65. The van der Waals surface area contributed by atoms with Gasteiger partial charge in [0.15, 0.2) is 0 Å². The number of fused-ring (bicyclic) bond motifs is 1. The minimum atomic E-state index is -1.08. The fourth-order valence-electron chi connectivity index (χ4n) is 3.59. The van der Waals surface area contributed by atoms with Crippen molar-refractivity contribution in [1.29, 1.82) is 0 Å². The van der Waals surface area contributed by atoms with Crippen molar-refractivity contribution < 1.29 is 19.5 Å². The number of benzodiazepines with no additional fused rings is 1. The molecule has 1 aliphatic rings. The van der Waals surface area contributed by atoms with Crippen LogP contribution in [0.3, 0.4) is 0 Å². The van der Waals surface area contributed by atoms with Crippen LogP contribution in [0, 0.1) is 5.92 Å². The molecular formula is C23H33N3O4. The zero-order chi connectivity index (χ0) is 22.3. The first-order valence-electron chi connectivity index (χ1n) is 10.7. The summed E-state index contributed by atoms with van der Waals surface area (Å²) in [6.45, 7) is 8.40. The first kappa shape index (κ1) is 23.6. The number of benzene rings is 1. The Bertz CT molecular complexity index is 817. The number of rotatable bonds is 10. The minimum absolute atomic E-state index is 0.0710. The SMILES string of the molecule is CCCCCCNC(=O)CN1C(=O)[C@@H](CC(C)C)N=C(C)c2ccc(C(=O)O)cc21. The number of carboxylic acid groups (broad SMARTS) is 1. The largest absolute Gasteiger partial charge is 0.478 e. The zero-order valence-corrected chi connectivity index (χ0v) is 18.4. The second-order valence-corrected chi connectivity index (χ2v) is 8.23. The van der Waals surface area contributed by atoms with E-state index in [1.807, 2.05) is 20.8 Å². The topological polar surface area (TPSA) is 99.1 Å². The number of anilines is 1. The number of nitrogens with zero attached hydrogens (tertiary/aromatic N) is 2. The fraction of sp³-hybridized carbons (Fsp3) is 0.565. The Morgan fingerprint density at radius 2 is 1.97 bits per heavy atom. The number of hydrogen-bond acceptors (Lipinski definition) is 4. The maximum Gasteiger partial charge on any atom is 0.335 e. The predicted molar refractivity (Wildman–Crippen MR) is 118 cm³/mol. The Labute approximate surface area is 178 Å². The normalized spacial score (nSPS) is 16.2. The summed E-state index contributed by atoms with van der Waals surface area (Å²) in [6.07, 6.45) is 4.75. The Balaban J connectivity index is 2.31. The van der Waals surface area contributed by atoms with Gasteiger partial charge in [-0.2, -0.15) is 0 Å². The van der Waals surface area contributed by atoms with Gasteiger partial charge in [-0.05, 0) is 37.8 Å². The molecular weight excluding hydrogens is 382 g/mol. The molecule has 0 saturated heterocycles. The van der Waals surface area contributed by atoms with Crippen LogP contribution in [0.5, 0.6) is 0 Å². The Kier molecular flexibility index (Phi) is 8.57. The van der Waals surface area contributed by atoms with Gasteiger partial charge in [0.2, 0.25) is 5.91 Å². The Morgan fingerprint density at radius 1 is 1.23 bits per heavy atom. The van der Waals surface area contributed by atoms with Crippen LogP contribution >= 0.6 is 0 Å². The van der Waals surface area contributed by atoms with Crippen molar-refractivity contribution >= 4 is 29.2 Å². The smallest absolute Gasteiger partial charge is 0.335 e. The minimum Gasteiger partial charge on any atom is -0.478 e. The molecule has 0 bridgehead atoms. The first-order chi connectivity index (χ1) is 14.2. The molecule has 0 saturated carbocycles. The molecule has 1 heterocycles. The van der Waals surface area contributed by atoms with Crippen LogP contribution in [0.4, 0.5) is 5.69 Å². The number of aromatic carboxylic acids is 1. The quantitative estimate of drug-likeness (QED) is 0.570. The van der Waals surface area contributed by atoms with Crippen molar-refractivity contribution in [2.24, 2.45) is 10.9 Å². The van der Waals surface area contributed by atoms with Gasteiger partial charge in [-0.25, -0.2) is 4.79 Å². The van der Waals surface area contributed by atoms with Crippen LogP contribution in [0.25, 0.3) is 0 Å². The van der Waals surface area contributed by atoms with Crippen molar-refractivity contribution in [2.45, 2.75) is 65.8 Å². The lowest BCUT2D eigenvalue weighted by Crippen LogP contribution is -2.45. The van der Waals surface area contributed by atoms with Gasteiger partial charge in [-0.3, -0.25) is 14.6 Å². The van der Waals surface area contributed by atoms with E-state index in [-0.39, 0.29) is 29.8 Å². The molecule has 0 spiro atoms. The van der Waals surface area contributed by atoms with E-state index in [2.05, 4.69) is 17.2 Å². The Hall–Kier alpha value is -2.70. The van der Waals surface area contributed by atoms with Gasteiger partial charge in [0.1, 0.15) is 12.6 Å². The van der Waals surface area contributed by atoms with Crippen LogP contribution in [-0.4, -0.2) is 47.7 Å². The third-order valence-corrected chi connectivity index (χ3v) is 5.17. The first-order valence-corrected chi connectivity index (χ1v) is 10.7. The van der Waals surface area contributed by atoms with Gasteiger partial charge in [-0.15, -0.1) is 0 Å². The maximum atomic E-state index is 13.3. The summed E-state index contributed by atoms with van der Waals surface area (Å²) in [6, 6.07) is 4.03. The molecule has 7 nitrogen and oxygen atoms in total. The molecule has 2 rings (SSSR count). The summed E-state index contributed by atoms with van der Waals surface area (Å²) in [5.41, 5.74) is 1.84. The number of hydrogen-bond donors (Lipinski definition) is 2. The summed E-state index contributed by atoms with van der Waals surface area (Å²) in [7, 11) is 0. The molecule has 0 aliphatic carbocycles. The zero-order valence-electron chi connectivity index (χ0n) is 18.4. The number of aliphatic imine (C=N–C) groups is 1. The van der Waals surface area contributed by atoms with Crippen molar-refractivity contribution in [3.05, 3.63) is 29.3 Å². The number of amides is 2. The highest BCUT2D eigenvalue weighted by Gasteiger charge is 2.32. The average Bonchev–Trinajstić information content (AvgIpc) is 2.78. The average molecular weight is 416 g/mol. The molecule has 0 fully saturated rings. The molecule has 164 valence electrons. The molecule has 1 aliphatic heterocycles. The monoisotopic (exact) mass is 415 g/mol. The third-order valence-electron chi connectivity index (χ3n) is 5.17. The van der Waals surface area contributed by atoms with E-state index in [9.17, 15) is 19.5 Å². The lowest BCUT2D eigenvalue weighted by atomic mass is 10.0. The maximum absolute atomic E-state index is 13.3. The molecule has 0 unspecified atom stereocenters. The number of unbranched alkanes of at least 4 members (excludes halogenated alkanes) is 3. The van der Waals surface area contributed by atoms with E-state index in [4.69, 9.17) is 0 Å². The van der Waals surface area contributed by atoms with Crippen molar-refractivity contribution in [3.63, 3.8) is 0 Å². The number of carbonyl (C=O) groups is 3. The fourth-order valence-corrected chi connectivity index (χ4v) is 3.59. The number of nitrogens with one attached hydrogen (secondary N) is 1. The van der Waals surface area contributed by atoms with Crippen molar-refractivity contribution in [1.82, 2.24) is 5.32 Å². The lowest BCUT2D eigenvalue weighted by Gasteiger charge is -2.25. The van der Waals surface area contributed by atoms with Gasteiger partial charge in [0.05, 0.1) is 11.3 Å². The summed E-state index contributed by atoms with van der Waals surface area (Å²) in [5.74, 6) is -1.36. The summed E-state index contributed by atoms with van der Waals surface area (Å²) < 4.78 is 0. The van der Waals surface area contributed by atoms with Crippen molar-refractivity contribution in [3.8, 4) is 0 Å². The Morgan fingerprint density at radius 3 is 2.60 bits per heavy atom. The highest BCUT2D eigenvalue weighted by molar-refractivity contribution is 6.14. The standard InChI is InChI=1S/C23H33N3O4/c1-5-6-7-8-11-24-21(27)14-26-20-13-17(23(29)30)9-10-18(20)16(4)25-19(22(26)28)12-15(2)3/h9-10,13,15,19H,5-8,11-12,14H2,1-4H3,(H,24,27)(H,29,30)/t19-/m1/s1. The van der Waals surface area contributed by atoms with Crippen LogP contribution in [0.2, 0.25) is 0 Å². The summed E-state index contributed by atoms with van der Waals surface area (Å²) in [5, 5.41) is 12.3. The van der Waals surface area contributed by atoms with Gasteiger partial charge < -0.3 is 15.3 Å². The highest BCUT2D eigenvalue weighted by Crippen LogP contribution is 2.29. The second kappa shape index (κ2) is 10.9. The van der Waals surface area contributed by atoms with Gasteiger partial charge in [0.25, 0.3) is 5.91 Å². The molecule has 2 amide bonds. The van der Waals surface area contributed by atoms with Crippen LogP contribution < -0.4 is 10.2 Å². The van der Waals surface area contributed by atoms with Gasteiger partial charge >= 0.3 is 5.97 Å². The van der Waals surface area contributed by atoms with Crippen LogP contribution in [0.1, 0.15) is 75.7 Å². The summed E-state index contributed by atoms with van der Waals surface area (Å²) in [4.78, 5) is 43.4. The van der Waals surface area contributed by atoms with Crippen molar-refractivity contribution in [2.75, 3.05) is 18.0 Å². The van der Waals surface area contributed by atoms with Gasteiger partial charge in [-0.1, -0.05) is 46.1 Å². The number of carboxylic acids is 1. The van der Waals surface area contributed by atoms with E-state index in [0.29, 0.717) is 29.9 Å². The van der Waals surface area contributed by atoms with E-state index >= 15 is 0 Å². The van der Waals surface area contributed by atoms with E-state index < -0.39 is 12.0 Å². The van der Waals surface area contributed by atoms with Crippen LogP contribution in [0.15, 0.2) is 23.2 Å². The van der Waals surface area contributed by atoms with E-state index in [1.165, 1.54) is 17.0 Å². The van der Waals surface area contributed by atoms with E-state index in [0.717, 1.165) is 25.7 Å². The second-order valence-electron chi connectivity index (χ2n) is 8.23. The van der Waals surface area contributed by atoms with Gasteiger partial charge in [0, 0.05) is 17.8 Å². The van der Waals surface area contributed by atoms with E-state index in [1.54, 1.807) is 6.07 Å². The number of carbonyl (C=O) groups excluding carboxylic acids is 2. The molecule has 1 atom stereocenters. The third kappa shape index (κ3) is 6.15. The van der Waals surface area contributed by atoms with Crippen LogP contribution in [-0.2, 0) is 9.59 Å². The molecule has 7 heteroatoms. The molecule has 1 aromatic carbocycles. The molecule has 1 aromatic rings. The molecule has 0 radical (unpaired) electrons. The molecule has 0 aromatic heterocycles. The lowest BCUT2D eigenvalue weighted by molar-refractivity contribution is -0.124. The molecule has 30 heavy (non-hydrogen) atoms. The molecule has 2 N–H and O–H groups in total. The summed E-state index contributed by atoms with van der Waals surface area (Å²) >= 11 is 0.